The number of carbonyl (C=O) groups is 2. The Morgan fingerprint density at radius 3 is 2.00 bits per heavy atom. The molecule has 0 radical (unpaired) electrons. The third kappa shape index (κ3) is 9.33. The zero-order valence-corrected chi connectivity index (χ0v) is 15.2. The van der Waals surface area contributed by atoms with Crippen molar-refractivity contribution in [2.75, 3.05) is 0 Å². The van der Waals surface area contributed by atoms with E-state index in [0.29, 0.717) is 12.2 Å². The van der Waals surface area contributed by atoms with Crippen LogP contribution in [0.25, 0.3) is 0 Å². The second-order valence-electron chi connectivity index (χ2n) is 6.57. The highest BCUT2D eigenvalue weighted by molar-refractivity contribution is 5.75. The Bertz CT molecular complexity index is 508. The van der Waals surface area contributed by atoms with Crippen molar-refractivity contribution in [1.82, 2.24) is 0 Å². The first kappa shape index (κ1) is 20.2. The van der Waals surface area contributed by atoms with Gasteiger partial charge in [-0.25, -0.2) is 0 Å². The lowest BCUT2D eigenvalue weighted by atomic mass is 10.0. The van der Waals surface area contributed by atoms with Crippen LogP contribution in [0.5, 0.6) is 11.5 Å². The number of para-hydroxylation sites is 2. The summed E-state index contributed by atoms with van der Waals surface area (Å²) in [5.41, 5.74) is 0. The second-order valence-corrected chi connectivity index (χ2v) is 6.57. The van der Waals surface area contributed by atoms with Gasteiger partial charge in [-0.2, -0.15) is 0 Å². The van der Waals surface area contributed by atoms with Crippen LogP contribution in [0, 0.1) is 5.92 Å². The Labute approximate surface area is 145 Å². The van der Waals surface area contributed by atoms with Crippen LogP contribution in [0.2, 0.25) is 0 Å². The standard InChI is InChI=1S/C20H30O4/c1-16(2)12-8-6-4-5-7-9-15-20(22)24-19-14-11-10-13-18(19)23-17(3)21/h10-11,13-14,16H,4-9,12,15H2,1-3H3. The highest BCUT2D eigenvalue weighted by Crippen LogP contribution is 2.27. The topological polar surface area (TPSA) is 52.6 Å². The molecular formula is C20H30O4. The molecule has 0 saturated heterocycles. The van der Waals surface area contributed by atoms with Gasteiger partial charge in [0.2, 0.25) is 0 Å². The minimum absolute atomic E-state index is 0.281. The minimum Gasteiger partial charge on any atom is -0.423 e. The zero-order chi connectivity index (χ0) is 17.8. The van der Waals surface area contributed by atoms with Crippen molar-refractivity contribution in [3.8, 4) is 11.5 Å². The van der Waals surface area contributed by atoms with Crippen molar-refractivity contribution in [2.45, 2.75) is 72.1 Å². The first-order chi connectivity index (χ1) is 11.5. The average Bonchev–Trinajstić information content (AvgIpc) is 2.51. The molecule has 0 aliphatic carbocycles. The van der Waals surface area contributed by atoms with Gasteiger partial charge in [0.15, 0.2) is 11.5 Å². The largest absolute Gasteiger partial charge is 0.423 e. The Morgan fingerprint density at radius 1 is 0.875 bits per heavy atom. The molecule has 0 amide bonds. The summed E-state index contributed by atoms with van der Waals surface area (Å²) in [6.07, 6.45) is 8.53. The summed E-state index contributed by atoms with van der Waals surface area (Å²) in [4.78, 5) is 22.9. The van der Waals surface area contributed by atoms with Gasteiger partial charge in [-0.15, -0.1) is 0 Å². The molecule has 0 aliphatic rings. The van der Waals surface area contributed by atoms with Crippen molar-refractivity contribution in [3.63, 3.8) is 0 Å². The number of esters is 2. The molecule has 0 saturated carbocycles. The normalized spacial score (nSPS) is 10.7. The number of hydrogen-bond donors (Lipinski definition) is 0. The average molecular weight is 334 g/mol. The smallest absolute Gasteiger partial charge is 0.311 e. The van der Waals surface area contributed by atoms with Crippen LogP contribution in [0.3, 0.4) is 0 Å². The minimum atomic E-state index is -0.434. The molecule has 4 heteroatoms. The number of ether oxygens (including phenoxy) is 2. The molecule has 0 fully saturated rings. The highest BCUT2D eigenvalue weighted by Gasteiger charge is 2.11. The molecule has 4 nitrogen and oxygen atoms in total. The molecule has 0 unspecified atom stereocenters. The first-order valence-corrected chi connectivity index (χ1v) is 8.97. The fraction of sp³-hybridized carbons (Fsp3) is 0.600. The van der Waals surface area contributed by atoms with Crippen LogP contribution < -0.4 is 9.47 Å². The molecule has 1 aromatic rings. The molecule has 1 rings (SSSR count). The Hall–Kier alpha value is -1.84. The first-order valence-electron chi connectivity index (χ1n) is 8.97. The van der Waals surface area contributed by atoms with Gasteiger partial charge in [0.1, 0.15) is 0 Å². The van der Waals surface area contributed by atoms with Crippen molar-refractivity contribution in [2.24, 2.45) is 5.92 Å². The van der Waals surface area contributed by atoms with Crippen molar-refractivity contribution < 1.29 is 19.1 Å². The van der Waals surface area contributed by atoms with Crippen LogP contribution in [-0.4, -0.2) is 11.9 Å². The van der Waals surface area contributed by atoms with Gasteiger partial charge in [0.25, 0.3) is 0 Å². The second kappa shape index (κ2) is 11.7. The molecule has 0 aromatic heterocycles. The number of benzene rings is 1. The van der Waals surface area contributed by atoms with E-state index in [4.69, 9.17) is 9.47 Å². The molecule has 0 spiro atoms. The SMILES string of the molecule is CC(=O)Oc1ccccc1OC(=O)CCCCCCCCC(C)C. The van der Waals surface area contributed by atoms with E-state index in [-0.39, 0.29) is 11.7 Å². The third-order valence-electron chi connectivity index (χ3n) is 3.74. The molecule has 0 N–H and O–H groups in total. The van der Waals surface area contributed by atoms with Gasteiger partial charge in [-0.05, 0) is 24.5 Å². The number of unbranched alkanes of at least 4 members (excludes halogenated alkanes) is 5. The maximum atomic E-state index is 11.9. The summed E-state index contributed by atoms with van der Waals surface area (Å²) in [6.45, 7) is 5.83. The van der Waals surface area contributed by atoms with Crippen LogP contribution in [0.15, 0.2) is 24.3 Å². The summed E-state index contributed by atoms with van der Waals surface area (Å²) < 4.78 is 10.3. The van der Waals surface area contributed by atoms with E-state index < -0.39 is 5.97 Å². The summed E-state index contributed by atoms with van der Waals surface area (Å²) in [6, 6.07) is 6.72. The van der Waals surface area contributed by atoms with Crippen LogP contribution in [0.1, 0.15) is 72.1 Å². The van der Waals surface area contributed by atoms with E-state index >= 15 is 0 Å². The summed E-state index contributed by atoms with van der Waals surface area (Å²) in [7, 11) is 0. The van der Waals surface area contributed by atoms with Gasteiger partial charge in [-0.1, -0.05) is 64.5 Å². The summed E-state index contributed by atoms with van der Waals surface area (Å²) in [5.74, 6) is 0.648. The van der Waals surface area contributed by atoms with Gasteiger partial charge < -0.3 is 9.47 Å². The Balaban J connectivity index is 2.19. The molecule has 0 atom stereocenters. The number of hydrogen-bond acceptors (Lipinski definition) is 4. The zero-order valence-electron chi connectivity index (χ0n) is 15.2. The lowest BCUT2D eigenvalue weighted by Crippen LogP contribution is -2.10. The fourth-order valence-corrected chi connectivity index (χ4v) is 2.48. The van der Waals surface area contributed by atoms with E-state index in [1.807, 2.05) is 0 Å². The molecule has 134 valence electrons. The maximum absolute atomic E-state index is 11.9. The van der Waals surface area contributed by atoms with E-state index in [1.54, 1.807) is 24.3 Å². The van der Waals surface area contributed by atoms with Crippen LogP contribution >= 0.6 is 0 Å². The lowest BCUT2D eigenvalue weighted by molar-refractivity contribution is -0.136. The summed E-state index contributed by atoms with van der Waals surface area (Å²) in [5, 5.41) is 0. The lowest BCUT2D eigenvalue weighted by Gasteiger charge is -2.09. The maximum Gasteiger partial charge on any atom is 0.311 e. The van der Waals surface area contributed by atoms with Crippen molar-refractivity contribution >= 4 is 11.9 Å². The van der Waals surface area contributed by atoms with E-state index in [1.165, 1.54) is 32.6 Å². The van der Waals surface area contributed by atoms with E-state index in [2.05, 4.69) is 13.8 Å². The number of rotatable bonds is 11. The van der Waals surface area contributed by atoms with Crippen molar-refractivity contribution in [3.05, 3.63) is 24.3 Å². The van der Waals surface area contributed by atoms with Gasteiger partial charge in [0.05, 0.1) is 0 Å². The van der Waals surface area contributed by atoms with Crippen LogP contribution in [0.4, 0.5) is 0 Å². The van der Waals surface area contributed by atoms with Crippen molar-refractivity contribution in [1.29, 1.82) is 0 Å². The van der Waals surface area contributed by atoms with Crippen LogP contribution in [-0.2, 0) is 9.59 Å². The molecule has 1 aromatic carbocycles. The Kier molecular flexibility index (Phi) is 9.81. The predicted molar refractivity (Wildman–Crippen MR) is 95.2 cm³/mol. The van der Waals surface area contributed by atoms with E-state index in [0.717, 1.165) is 25.2 Å². The molecule has 24 heavy (non-hydrogen) atoms. The quantitative estimate of drug-likeness (QED) is 0.313. The molecular weight excluding hydrogens is 304 g/mol. The fourth-order valence-electron chi connectivity index (χ4n) is 2.48. The van der Waals surface area contributed by atoms with Gasteiger partial charge in [0, 0.05) is 13.3 Å². The molecule has 0 heterocycles. The number of carbonyl (C=O) groups excluding carboxylic acids is 2. The van der Waals surface area contributed by atoms with Gasteiger partial charge >= 0.3 is 11.9 Å². The monoisotopic (exact) mass is 334 g/mol. The predicted octanol–water partition coefficient (Wildman–Crippen LogP) is 5.29. The Morgan fingerprint density at radius 2 is 1.42 bits per heavy atom. The third-order valence-corrected chi connectivity index (χ3v) is 3.74. The van der Waals surface area contributed by atoms with E-state index in [9.17, 15) is 9.59 Å². The van der Waals surface area contributed by atoms with Gasteiger partial charge in [-0.3, -0.25) is 9.59 Å². The summed E-state index contributed by atoms with van der Waals surface area (Å²) >= 11 is 0. The molecule has 0 aliphatic heterocycles. The molecule has 0 bridgehead atoms. The highest BCUT2D eigenvalue weighted by atomic mass is 16.6.